The van der Waals surface area contributed by atoms with Crippen molar-refractivity contribution in [2.75, 3.05) is 0 Å². The van der Waals surface area contributed by atoms with Gasteiger partial charge in [0.05, 0.1) is 6.04 Å². The third-order valence-corrected chi connectivity index (χ3v) is 2.24. The Labute approximate surface area is 92.3 Å². The van der Waals surface area contributed by atoms with Crippen LogP contribution in [0.2, 0.25) is 0 Å². The lowest BCUT2D eigenvalue weighted by Crippen LogP contribution is -2.23. The summed E-state index contributed by atoms with van der Waals surface area (Å²) in [6.45, 7) is 0. The van der Waals surface area contributed by atoms with Crippen molar-refractivity contribution in [1.29, 1.82) is 0 Å². The second kappa shape index (κ2) is 5.23. The van der Waals surface area contributed by atoms with Gasteiger partial charge in [0, 0.05) is 0 Å². The molecule has 1 rings (SSSR count). The van der Waals surface area contributed by atoms with E-state index < -0.39 is 13.9 Å². The average molecular weight is 245 g/mol. The summed E-state index contributed by atoms with van der Waals surface area (Å²) in [5, 5.41) is 0. The quantitative estimate of drug-likeness (QED) is 0.506. The van der Waals surface area contributed by atoms with Crippen LogP contribution in [0.15, 0.2) is 24.3 Å². The van der Waals surface area contributed by atoms with E-state index in [9.17, 15) is 9.36 Å². The molecule has 1 unspecified atom stereocenters. The largest absolute Gasteiger partial charge is 0.524 e. The Bertz CT molecular complexity index is 399. The number of benzene rings is 1. The summed E-state index contributed by atoms with van der Waals surface area (Å²) in [5.74, 6) is 0.0664. The highest BCUT2D eigenvalue weighted by molar-refractivity contribution is 7.46. The molecule has 1 aromatic carbocycles. The van der Waals surface area contributed by atoms with Crippen LogP contribution in [0.1, 0.15) is 5.56 Å². The van der Waals surface area contributed by atoms with Crippen LogP contribution in [0.4, 0.5) is 0 Å². The first-order valence-electron chi connectivity index (χ1n) is 4.45. The van der Waals surface area contributed by atoms with Gasteiger partial charge >= 0.3 is 7.82 Å². The van der Waals surface area contributed by atoms with Gasteiger partial charge in [0.1, 0.15) is 12.0 Å². The highest BCUT2D eigenvalue weighted by atomic mass is 31.2. The van der Waals surface area contributed by atoms with Gasteiger partial charge in [0.2, 0.25) is 0 Å². The number of phosphoric ester groups is 1. The number of aldehydes is 1. The Balaban J connectivity index is 2.68. The molecular formula is C9H12NO5P. The van der Waals surface area contributed by atoms with Gasteiger partial charge in [-0.2, -0.15) is 0 Å². The molecule has 1 aromatic rings. The van der Waals surface area contributed by atoms with Crippen molar-refractivity contribution < 1.29 is 23.7 Å². The van der Waals surface area contributed by atoms with Crippen LogP contribution in [0, 0.1) is 0 Å². The predicted octanol–water partition coefficient (Wildman–Crippen LogP) is 0.227. The van der Waals surface area contributed by atoms with E-state index in [-0.39, 0.29) is 5.75 Å². The van der Waals surface area contributed by atoms with Crippen LogP contribution in [0.3, 0.4) is 0 Å². The van der Waals surface area contributed by atoms with Gasteiger partial charge in [-0.25, -0.2) is 4.57 Å². The number of rotatable bonds is 5. The van der Waals surface area contributed by atoms with Crippen LogP contribution < -0.4 is 10.3 Å². The first-order chi connectivity index (χ1) is 7.40. The average Bonchev–Trinajstić information content (AvgIpc) is 2.18. The van der Waals surface area contributed by atoms with Crippen LogP contribution >= 0.6 is 7.82 Å². The van der Waals surface area contributed by atoms with Gasteiger partial charge in [-0.15, -0.1) is 0 Å². The molecule has 0 spiro atoms. The summed E-state index contributed by atoms with van der Waals surface area (Å²) in [5.41, 5.74) is 6.21. The topological polar surface area (TPSA) is 110 Å². The minimum atomic E-state index is -4.52. The third-order valence-electron chi connectivity index (χ3n) is 1.79. The van der Waals surface area contributed by atoms with E-state index in [2.05, 4.69) is 4.52 Å². The van der Waals surface area contributed by atoms with Crippen molar-refractivity contribution in [2.45, 2.75) is 12.5 Å². The minimum Gasteiger partial charge on any atom is -0.404 e. The summed E-state index contributed by atoms with van der Waals surface area (Å²) in [6.07, 6.45) is 1.01. The molecule has 1 atom stereocenters. The molecule has 0 fully saturated rings. The lowest BCUT2D eigenvalue weighted by Gasteiger charge is -2.08. The molecule has 0 bridgehead atoms. The molecule has 0 aliphatic rings. The van der Waals surface area contributed by atoms with Crippen molar-refractivity contribution in [3.63, 3.8) is 0 Å². The molecule has 88 valence electrons. The SMILES string of the molecule is NC(C=O)Cc1ccc(OP(=O)(O)O)cc1. The molecule has 0 heterocycles. The zero-order chi connectivity index (χ0) is 12.2. The monoisotopic (exact) mass is 245 g/mol. The first kappa shape index (κ1) is 12.9. The second-order valence-electron chi connectivity index (χ2n) is 3.23. The van der Waals surface area contributed by atoms with Crippen molar-refractivity contribution in [2.24, 2.45) is 5.73 Å². The fourth-order valence-electron chi connectivity index (χ4n) is 1.14. The molecule has 0 saturated carbocycles. The summed E-state index contributed by atoms with van der Waals surface area (Å²) < 4.78 is 14.9. The van der Waals surface area contributed by atoms with Crippen molar-refractivity contribution in [1.82, 2.24) is 0 Å². The first-order valence-corrected chi connectivity index (χ1v) is 5.99. The number of phosphoric acid groups is 1. The molecule has 6 nitrogen and oxygen atoms in total. The Morgan fingerprint density at radius 2 is 1.94 bits per heavy atom. The zero-order valence-electron chi connectivity index (χ0n) is 8.31. The molecule has 7 heteroatoms. The Hall–Kier alpha value is -1.20. The number of hydrogen-bond donors (Lipinski definition) is 3. The number of carbonyl (C=O) groups excluding carboxylic acids is 1. The molecule has 16 heavy (non-hydrogen) atoms. The van der Waals surface area contributed by atoms with Gasteiger partial charge in [0.15, 0.2) is 0 Å². The molecule has 0 amide bonds. The van der Waals surface area contributed by atoms with Gasteiger partial charge in [-0.1, -0.05) is 12.1 Å². The molecular weight excluding hydrogens is 233 g/mol. The smallest absolute Gasteiger partial charge is 0.404 e. The molecule has 0 aromatic heterocycles. The Kier molecular flexibility index (Phi) is 4.20. The van der Waals surface area contributed by atoms with Crippen molar-refractivity contribution in [3.05, 3.63) is 29.8 Å². The maximum Gasteiger partial charge on any atom is 0.524 e. The van der Waals surface area contributed by atoms with E-state index in [1.807, 2.05) is 0 Å². The molecule has 4 N–H and O–H groups in total. The van der Waals surface area contributed by atoms with Crippen LogP contribution in [-0.4, -0.2) is 22.1 Å². The second-order valence-corrected chi connectivity index (χ2v) is 4.39. The summed E-state index contributed by atoms with van der Waals surface area (Å²) in [4.78, 5) is 27.4. The third kappa shape index (κ3) is 4.55. The number of nitrogens with two attached hydrogens (primary N) is 1. The summed E-state index contributed by atoms with van der Waals surface area (Å²) in [6, 6.07) is 5.43. The molecule has 0 radical (unpaired) electrons. The lowest BCUT2D eigenvalue weighted by molar-refractivity contribution is -0.108. The fourth-order valence-corrected chi connectivity index (χ4v) is 1.54. The van der Waals surface area contributed by atoms with E-state index in [0.717, 1.165) is 5.56 Å². The summed E-state index contributed by atoms with van der Waals surface area (Å²) >= 11 is 0. The number of carbonyl (C=O) groups is 1. The van der Waals surface area contributed by atoms with Gasteiger partial charge in [-0.3, -0.25) is 9.79 Å². The van der Waals surface area contributed by atoms with E-state index in [1.165, 1.54) is 12.1 Å². The van der Waals surface area contributed by atoms with Crippen LogP contribution in [-0.2, 0) is 15.8 Å². The lowest BCUT2D eigenvalue weighted by atomic mass is 10.1. The van der Waals surface area contributed by atoms with Gasteiger partial charge in [-0.05, 0) is 24.1 Å². The highest BCUT2D eigenvalue weighted by Gasteiger charge is 2.15. The standard InChI is InChI=1S/C9H12NO5P/c10-8(6-11)5-7-1-3-9(4-2-7)15-16(12,13)14/h1-4,6,8H,5,10H2,(H2,12,13,14). The van der Waals surface area contributed by atoms with E-state index in [1.54, 1.807) is 12.1 Å². The zero-order valence-corrected chi connectivity index (χ0v) is 9.21. The van der Waals surface area contributed by atoms with E-state index in [4.69, 9.17) is 15.5 Å². The normalized spacial score (nSPS) is 13.2. The van der Waals surface area contributed by atoms with Crippen LogP contribution in [0.5, 0.6) is 5.75 Å². The maximum atomic E-state index is 10.5. The Morgan fingerprint density at radius 1 is 1.38 bits per heavy atom. The van der Waals surface area contributed by atoms with Gasteiger partial charge < -0.3 is 15.1 Å². The fraction of sp³-hybridized carbons (Fsp3) is 0.222. The van der Waals surface area contributed by atoms with Crippen LogP contribution in [0.25, 0.3) is 0 Å². The van der Waals surface area contributed by atoms with Gasteiger partial charge in [0.25, 0.3) is 0 Å². The molecule has 0 aliphatic heterocycles. The molecule has 0 aliphatic carbocycles. The Morgan fingerprint density at radius 3 is 2.38 bits per heavy atom. The molecule has 0 saturated heterocycles. The van der Waals surface area contributed by atoms with E-state index in [0.29, 0.717) is 12.7 Å². The predicted molar refractivity (Wildman–Crippen MR) is 56.9 cm³/mol. The van der Waals surface area contributed by atoms with Crippen molar-refractivity contribution in [3.8, 4) is 5.75 Å². The minimum absolute atomic E-state index is 0.0664. The van der Waals surface area contributed by atoms with Crippen molar-refractivity contribution >= 4 is 14.1 Å². The summed E-state index contributed by atoms with van der Waals surface area (Å²) in [7, 11) is -4.52. The highest BCUT2D eigenvalue weighted by Crippen LogP contribution is 2.37. The van der Waals surface area contributed by atoms with E-state index >= 15 is 0 Å². The number of hydrogen-bond acceptors (Lipinski definition) is 4. The maximum absolute atomic E-state index is 10.5.